The molecule has 1 aromatic heterocycles. The number of aliphatic hydroxyl groups is 1. The fourth-order valence-corrected chi connectivity index (χ4v) is 2.25. The van der Waals surface area contributed by atoms with Gasteiger partial charge in [-0.3, -0.25) is 0 Å². The molecule has 0 spiro atoms. The summed E-state index contributed by atoms with van der Waals surface area (Å²) in [4.78, 5) is 5.70. The van der Waals surface area contributed by atoms with Gasteiger partial charge in [0.25, 0.3) is 0 Å². The molecule has 0 amide bonds. The minimum absolute atomic E-state index is 0.0466. The molecular formula is C12H17F2N3O. The summed E-state index contributed by atoms with van der Waals surface area (Å²) in [6.07, 6.45) is 1.67. The van der Waals surface area contributed by atoms with E-state index in [1.54, 1.807) is 4.90 Å². The second-order valence-electron chi connectivity index (χ2n) is 4.33. The number of hydrogen-bond acceptors (Lipinski definition) is 4. The molecule has 0 aliphatic carbocycles. The van der Waals surface area contributed by atoms with E-state index < -0.39 is 11.6 Å². The third kappa shape index (κ3) is 2.38. The summed E-state index contributed by atoms with van der Waals surface area (Å²) in [5.74, 6) is -1.21. The SMILES string of the molecule is CCNc1nc(N2CCCC2CO)c(F)cc1F. The number of halogens is 2. The van der Waals surface area contributed by atoms with Crippen molar-refractivity contribution in [1.82, 2.24) is 4.98 Å². The van der Waals surface area contributed by atoms with Gasteiger partial charge in [-0.25, -0.2) is 13.8 Å². The van der Waals surface area contributed by atoms with E-state index in [0.717, 1.165) is 18.9 Å². The smallest absolute Gasteiger partial charge is 0.168 e. The molecule has 0 saturated carbocycles. The van der Waals surface area contributed by atoms with Crippen LogP contribution in [0.2, 0.25) is 0 Å². The van der Waals surface area contributed by atoms with E-state index in [0.29, 0.717) is 13.1 Å². The largest absolute Gasteiger partial charge is 0.394 e. The number of aliphatic hydroxyl groups excluding tert-OH is 1. The lowest BCUT2D eigenvalue weighted by Gasteiger charge is -2.25. The zero-order valence-corrected chi connectivity index (χ0v) is 10.3. The van der Waals surface area contributed by atoms with E-state index in [9.17, 15) is 13.9 Å². The minimum Gasteiger partial charge on any atom is -0.394 e. The Morgan fingerprint density at radius 1 is 1.50 bits per heavy atom. The standard InChI is InChI=1S/C12H17F2N3O/c1-2-15-11-9(13)6-10(14)12(16-11)17-5-3-4-8(17)7-18/h6,8,18H,2-5,7H2,1H3,(H,15,16). The van der Waals surface area contributed by atoms with Crippen LogP contribution in [0, 0.1) is 11.6 Å². The van der Waals surface area contributed by atoms with Gasteiger partial charge in [0.2, 0.25) is 0 Å². The van der Waals surface area contributed by atoms with Crippen LogP contribution in [0.3, 0.4) is 0 Å². The fraction of sp³-hybridized carbons (Fsp3) is 0.583. The van der Waals surface area contributed by atoms with Crippen molar-refractivity contribution in [2.75, 3.05) is 29.9 Å². The van der Waals surface area contributed by atoms with Crippen molar-refractivity contribution in [3.8, 4) is 0 Å². The van der Waals surface area contributed by atoms with Gasteiger partial charge in [0.15, 0.2) is 23.3 Å². The molecule has 4 nitrogen and oxygen atoms in total. The first-order chi connectivity index (χ1) is 8.67. The van der Waals surface area contributed by atoms with E-state index >= 15 is 0 Å². The summed E-state index contributed by atoms with van der Waals surface area (Å²) >= 11 is 0. The van der Waals surface area contributed by atoms with Gasteiger partial charge in [0.05, 0.1) is 12.6 Å². The molecule has 100 valence electrons. The Morgan fingerprint density at radius 3 is 2.94 bits per heavy atom. The third-order valence-electron chi connectivity index (χ3n) is 3.12. The number of anilines is 2. The van der Waals surface area contributed by atoms with Crippen LogP contribution >= 0.6 is 0 Å². The predicted octanol–water partition coefficient (Wildman–Crippen LogP) is 1.75. The zero-order valence-electron chi connectivity index (χ0n) is 10.3. The summed E-state index contributed by atoms with van der Waals surface area (Å²) in [6, 6.07) is 0.708. The van der Waals surface area contributed by atoms with Crippen molar-refractivity contribution >= 4 is 11.6 Å². The maximum Gasteiger partial charge on any atom is 0.168 e. The van der Waals surface area contributed by atoms with Crippen molar-refractivity contribution < 1.29 is 13.9 Å². The lowest BCUT2D eigenvalue weighted by molar-refractivity contribution is 0.265. The summed E-state index contributed by atoms with van der Waals surface area (Å²) < 4.78 is 27.2. The molecule has 1 fully saturated rings. The molecule has 0 bridgehead atoms. The van der Waals surface area contributed by atoms with Gasteiger partial charge in [-0.05, 0) is 19.8 Å². The fourth-order valence-electron chi connectivity index (χ4n) is 2.25. The van der Waals surface area contributed by atoms with Gasteiger partial charge in [-0.1, -0.05) is 0 Å². The highest BCUT2D eigenvalue weighted by Crippen LogP contribution is 2.28. The molecule has 2 N–H and O–H groups in total. The van der Waals surface area contributed by atoms with Crippen molar-refractivity contribution in [2.45, 2.75) is 25.8 Å². The van der Waals surface area contributed by atoms with Crippen LogP contribution in [0.25, 0.3) is 0 Å². The van der Waals surface area contributed by atoms with Crippen LogP contribution in [-0.4, -0.2) is 35.8 Å². The van der Waals surface area contributed by atoms with Crippen molar-refractivity contribution in [3.05, 3.63) is 17.7 Å². The van der Waals surface area contributed by atoms with Gasteiger partial charge in [-0.15, -0.1) is 0 Å². The lowest BCUT2D eigenvalue weighted by Crippen LogP contribution is -2.33. The summed E-state index contributed by atoms with van der Waals surface area (Å²) in [5, 5.41) is 12.0. The van der Waals surface area contributed by atoms with Crippen molar-refractivity contribution in [2.24, 2.45) is 0 Å². The number of aromatic nitrogens is 1. The maximum absolute atomic E-state index is 13.8. The molecule has 1 aromatic rings. The summed E-state index contributed by atoms with van der Waals surface area (Å²) in [5.41, 5.74) is 0. The van der Waals surface area contributed by atoms with Gasteiger partial charge in [-0.2, -0.15) is 0 Å². The monoisotopic (exact) mass is 257 g/mol. The Hall–Kier alpha value is -1.43. The van der Waals surface area contributed by atoms with E-state index in [4.69, 9.17) is 0 Å². The number of hydrogen-bond donors (Lipinski definition) is 2. The van der Waals surface area contributed by atoms with Gasteiger partial charge in [0.1, 0.15) is 0 Å². The average molecular weight is 257 g/mol. The highest BCUT2D eigenvalue weighted by molar-refractivity contribution is 5.50. The van der Waals surface area contributed by atoms with Gasteiger partial charge in [0, 0.05) is 19.2 Å². The number of nitrogens with zero attached hydrogens (tertiary/aromatic N) is 2. The lowest BCUT2D eigenvalue weighted by atomic mass is 10.2. The normalized spacial score (nSPS) is 19.3. The van der Waals surface area contributed by atoms with Crippen LogP contribution in [0.4, 0.5) is 20.4 Å². The molecule has 1 aliphatic rings. The number of nitrogens with one attached hydrogen (secondary N) is 1. The first kappa shape index (κ1) is 13.0. The minimum atomic E-state index is -0.696. The highest BCUT2D eigenvalue weighted by Gasteiger charge is 2.28. The maximum atomic E-state index is 13.8. The first-order valence-electron chi connectivity index (χ1n) is 6.14. The molecule has 1 atom stereocenters. The van der Waals surface area contributed by atoms with Crippen LogP contribution < -0.4 is 10.2 Å². The van der Waals surface area contributed by atoms with Gasteiger partial charge < -0.3 is 15.3 Å². The van der Waals surface area contributed by atoms with Crippen LogP contribution in [0.15, 0.2) is 6.07 Å². The molecule has 2 rings (SSSR count). The Balaban J connectivity index is 2.34. The van der Waals surface area contributed by atoms with E-state index in [2.05, 4.69) is 10.3 Å². The van der Waals surface area contributed by atoms with Crippen LogP contribution in [0.1, 0.15) is 19.8 Å². The quantitative estimate of drug-likeness (QED) is 0.862. The molecule has 1 unspecified atom stereocenters. The molecule has 1 aliphatic heterocycles. The summed E-state index contributed by atoms with van der Waals surface area (Å²) in [7, 11) is 0. The molecule has 0 aromatic carbocycles. The Labute approximate surface area is 105 Å². The van der Waals surface area contributed by atoms with Crippen molar-refractivity contribution in [1.29, 1.82) is 0 Å². The van der Waals surface area contributed by atoms with Crippen LogP contribution in [0.5, 0.6) is 0 Å². The average Bonchev–Trinajstić information content (AvgIpc) is 2.80. The molecule has 1 saturated heterocycles. The molecule has 6 heteroatoms. The van der Waals surface area contributed by atoms with Gasteiger partial charge >= 0.3 is 0 Å². The van der Waals surface area contributed by atoms with Crippen LogP contribution in [-0.2, 0) is 0 Å². The van der Waals surface area contributed by atoms with E-state index in [1.165, 1.54) is 0 Å². The van der Waals surface area contributed by atoms with E-state index in [1.807, 2.05) is 6.92 Å². The number of pyridine rings is 1. The zero-order chi connectivity index (χ0) is 13.1. The van der Waals surface area contributed by atoms with Crippen molar-refractivity contribution in [3.63, 3.8) is 0 Å². The molecule has 2 heterocycles. The molecule has 0 radical (unpaired) electrons. The highest BCUT2D eigenvalue weighted by atomic mass is 19.1. The second-order valence-corrected chi connectivity index (χ2v) is 4.33. The Bertz CT molecular complexity index is 428. The molecular weight excluding hydrogens is 240 g/mol. The molecule has 18 heavy (non-hydrogen) atoms. The van der Waals surface area contributed by atoms with E-state index in [-0.39, 0.29) is 24.3 Å². The Morgan fingerprint density at radius 2 is 2.28 bits per heavy atom. The first-order valence-corrected chi connectivity index (χ1v) is 6.14. The second kappa shape index (κ2) is 5.48. The predicted molar refractivity (Wildman–Crippen MR) is 65.8 cm³/mol. The third-order valence-corrected chi connectivity index (χ3v) is 3.12. The topological polar surface area (TPSA) is 48.4 Å². The number of rotatable bonds is 4. The Kier molecular flexibility index (Phi) is 3.96. The summed E-state index contributed by atoms with van der Waals surface area (Å²) in [6.45, 7) is 2.91.